The van der Waals surface area contributed by atoms with Gasteiger partial charge in [0.2, 0.25) is 5.91 Å². The molecule has 0 atom stereocenters. The molecule has 0 saturated carbocycles. The predicted octanol–water partition coefficient (Wildman–Crippen LogP) is 4.19. The van der Waals surface area contributed by atoms with Crippen LogP contribution in [0.2, 0.25) is 0 Å². The Morgan fingerprint density at radius 3 is 2.32 bits per heavy atom. The summed E-state index contributed by atoms with van der Waals surface area (Å²) >= 11 is 0. The second kappa shape index (κ2) is 6.65. The van der Waals surface area contributed by atoms with Gasteiger partial charge in [-0.15, -0.1) is 0 Å². The number of nitrogens with zero attached hydrogens (tertiary/aromatic N) is 2. The summed E-state index contributed by atoms with van der Waals surface area (Å²) < 4.78 is 88.8. The van der Waals surface area contributed by atoms with Crippen LogP contribution >= 0.6 is 0 Å². The first-order chi connectivity index (χ1) is 11.5. The summed E-state index contributed by atoms with van der Waals surface area (Å²) in [6, 6.07) is 2.62. The van der Waals surface area contributed by atoms with E-state index in [9.17, 15) is 35.5 Å². The topological polar surface area (TPSA) is 54.9 Å². The van der Waals surface area contributed by atoms with Gasteiger partial charge in [0.05, 0.1) is 17.6 Å². The smallest absolute Gasteiger partial charge is 0.324 e. The molecule has 25 heavy (non-hydrogen) atoms. The quantitative estimate of drug-likeness (QED) is 0.828. The van der Waals surface area contributed by atoms with Crippen molar-refractivity contribution in [2.45, 2.75) is 18.8 Å². The first kappa shape index (κ1) is 18.6. The van der Waals surface area contributed by atoms with Gasteiger partial charge in [-0.05, 0) is 18.2 Å². The fraction of sp³-hybridized carbons (Fsp3) is 0.214. The minimum absolute atomic E-state index is 0.0707. The summed E-state index contributed by atoms with van der Waals surface area (Å²) in [4.78, 5) is 18.0. The highest BCUT2D eigenvalue weighted by atomic mass is 19.4. The van der Waals surface area contributed by atoms with E-state index in [1.165, 1.54) is 5.32 Å². The highest BCUT2D eigenvalue weighted by Gasteiger charge is 2.37. The summed E-state index contributed by atoms with van der Waals surface area (Å²) in [6.45, 7) is 0. The van der Waals surface area contributed by atoms with Crippen molar-refractivity contribution in [3.05, 3.63) is 42.1 Å². The SMILES string of the molecule is O=C(CC(F)(F)F)Nc1ccc(-c2cncc(F)c2)nc1C(F)(F)F. The van der Waals surface area contributed by atoms with Gasteiger partial charge >= 0.3 is 12.4 Å². The number of hydrogen-bond donors (Lipinski definition) is 1. The van der Waals surface area contributed by atoms with Gasteiger partial charge in [-0.2, -0.15) is 26.3 Å². The van der Waals surface area contributed by atoms with Crippen LogP contribution in [0.4, 0.5) is 36.4 Å². The monoisotopic (exact) mass is 367 g/mol. The van der Waals surface area contributed by atoms with Crippen LogP contribution in [-0.2, 0) is 11.0 Å². The predicted molar refractivity (Wildman–Crippen MR) is 71.7 cm³/mol. The molecule has 2 rings (SSSR count). The van der Waals surface area contributed by atoms with Crippen LogP contribution in [0.1, 0.15) is 12.1 Å². The molecule has 1 N–H and O–H groups in total. The molecule has 0 aliphatic carbocycles. The average molecular weight is 367 g/mol. The minimum Gasteiger partial charge on any atom is -0.324 e. The van der Waals surface area contributed by atoms with Crippen LogP contribution in [0.25, 0.3) is 11.3 Å². The lowest BCUT2D eigenvalue weighted by Gasteiger charge is -2.15. The molecule has 0 unspecified atom stereocenters. The molecule has 0 spiro atoms. The molecule has 0 radical (unpaired) electrons. The van der Waals surface area contributed by atoms with E-state index in [1.54, 1.807) is 0 Å². The Labute approximate surface area is 135 Å². The van der Waals surface area contributed by atoms with Crippen LogP contribution < -0.4 is 5.32 Å². The number of aromatic nitrogens is 2. The molecule has 11 heteroatoms. The number of amides is 1. The third-order valence-electron chi connectivity index (χ3n) is 2.80. The van der Waals surface area contributed by atoms with Gasteiger partial charge < -0.3 is 5.32 Å². The Kier molecular flexibility index (Phi) is 4.95. The van der Waals surface area contributed by atoms with E-state index in [-0.39, 0.29) is 11.3 Å². The lowest BCUT2D eigenvalue weighted by molar-refractivity contribution is -0.150. The molecule has 2 aromatic rings. The van der Waals surface area contributed by atoms with Crippen molar-refractivity contribution >= 4 is 11.6 Å². The van der Waals surface area contributed by atoms with Crippen molar-refractivity contribution in [1.29, 1.82) is 0 Å². The van der Waals surface area contributed by atoms with E-state index in [4.69, 9.17) is 0 Å². The largest absolute Gasteiger partial charge is 0.435 e. The molecule has 0 aliphatic heterocycles. The van der Waals surface area contributed by atoms with Crippen LogP contribution in [0.3, 0.4) is 0 Å². The van der Waals surface area contributed by atoms with Gasteiger partial charge in [-0.25, -0.2) is 9.37 Å². The summed E-state index contributed by atoms with van der Waals surface area (Å²) in [5, 5.41) is 1.53. The van der Waals surface area contributed by atoms with Crippen molar-refractivity contribution in [3.63, 3.8) is 0 Å². The van der Waals surface area contributed by atoms with E-state index in [2.05, 4.69) is 9.97 Å². The molecule has 0 aliphatic rings. The Bertz CT molecular complexity index is 787. The number of anilines is 1. The molecular formula is C14H8F7N3O. The summed E-state index contributed by atoms with van der Waals surface area (Å²) in [5.41, 5.74) is -2.92. The maximum Gasteiger partial charge on any atom is 0.435 e. The van der Waals surface area contributed by atoms with E-state index in [0.717, 1.165) is 30.6 Å². The summed E-state index contributed by atoms with van der Waals surface area (Å²) in [6.07, 6.45) is -9.98. The number of pyridine rings is 2. The number of halogens is 7. The summed E-state index contributed by atoms with van der Waals surface area (Å²) in [5.74, 6) is -2.48. The van der Waals surface area contributed by atoms with E-state index in [1.807, 2.05) is 0 Å². The van der Waals surface area contributed by atoms with Crippen molar-refractivity contribution < 1.29 is 35.5 Å². The lowest BCUT2D eigenvalue weighted by Crippen LogP contribution is -2.23. The van der Waals surface area contributed by atoms with E-state index >= 15 is 0 Å². The van der Waals surface area contributed by atoms with Crippen molar-refractivity contribution in [2.24, 2.45) is 0 Å². The molecule has 2 aromatic heterocycles. The van der Waals surface area contributed by atoms with Crippen LogP contribution in [-0.4, -0.2) is 22.1 Å². The average Bonchev–Trinajstić information content (AvgIpc) is 2.44. The van der Waals surface area contributed by atoms with Crippen molar-refractivity contribution in [3.8, 4) is 11.3 Å². The number of hydrogen-bond acceptors (Lipinski definition) is 3. The number of carbonyl (C=O) groups is 1. The van der Waals surface area contributed by atoms with Crippen LogP contribution in [0.5, 0.6) is 0 Å². The second-order valence-electron chi connectivity index (χ2n) is 4.82. The summed E-state index contributed by atoms with van der Waals surface area (Å²) in [7, 11) is 0. The number of carbonyl (C=O) groups excluding carboxylic acids is 1. The molecular weight excluding hydrogens is 359 g/mol. The van der Waals surface area contributed by atoms with Gasteiger partial charge in [0.15, 0.2) is 5.69 Å². The Hall–Kier alpha value is -2.72. The van der Waals surface area contributed by atoms with Gasteiger partial charge in [0.25, 0.3) is 0 Å². The first-order valence-electron chi connectivity index (χ1n) is 6.51. The van der Waals surface area contributed by atoms with Crippen LogP contribution in [0, 0.1) is 5.82 Å². The Balaban J connectivity index is 2.40. The Morgan fingerprint density at radius 1 is 1.08 bits per heavy atom. The number of nitrogens with one attached hydrogen (secondary N) is 1. The molecule has 4 nitrogen and oxygen atoms in total. The fourth-order valence-electron chi connectivity index (χ4n) is 1.87. The highest BCUT2D eigenvalue weighted by molar-refractivity contribution is 5.92. The first-order valence-corrected chi connectivity index (χ1v) is 6.51. The van der Waals surface area contributed by atoms with Gasteiger partial charge in [-0.3, -0.25) is 9.78 Å². The van der Waals surface area contributed by atoms with Crippen molar-refractivity contribution in [1.82, 2.24) is 9.97 Å². The fourth-order valence-corrected chi connectivity index (χ4v) is 1.87. The normalized spacial score (nSPS) is 12.1. The van der Waals surface area contributed by atoms with Gasteiger partial charge in [0.1, 0.15) is 12.2 Å². The number of alkyl halides is 6. The molecule has 2 heterocycles. The molecule has 134 valence electrons. The maximum atomic E-state index is 13.1. The van der Waals surface area contributed by atoms with Crippen LogP contribution in [0.15, 0.2) is 30.6 Å². The standard InChI is InChI=1S/C14H8F7N3O/c15-8-3-7(5-22-6-8)9-1-2-10(12(24-9)14(19,20)21)23-11(25)4-13(16,17)18/h1-3,5-6H,4H2,(H,23,25). The van der Waals surface area contributed by atoms with Gasteiger partial charge in [-0.1, -0.05) is 0 Å². The molecule has 1 amide bonds. The molecule has 0 saturated heterocycles. The number of rotatable bonds is 3. The molecule has 0 aromatic carbocycles. The lowest BCUT2D eigenvalue weighted by atomic mass is 10.1. The zero-order valence-electron chi connectivity index (χ0n) is 12.0. The maximum absolute atomic E-state index is 13.1. The molecule has 0 fully saturated rings. The zero-order chi connectivity index (χ0) is 18.8. The molecule has 0 bridgehead atoms. The van der Waals surface area contributed by atoms with Gasteiger partial charge in [0, 0.05) is 11.8 Å². The minimum atomic E-state index is -5.06. The third kappa shape index (κ3) is 5.13. The van der Waals surface area contributed by atoms with Crippen molar-refractivity contribution in [2.75, 3.05) is 5.32 Å². The Morgan fingerprint density at radius 2 is 1.76 bits per heavy atom. The highest BCUT2D eigenvalue weighted by Crippen LogP contribution is 2.35. The second-order valence-corrected chi connectivity index (χ2v) is 4.82. The third-order valence-corrected chi connectivity index (χ3v) is 2.80. The van der Waals surface area contributed by atoms with E-state index < -0.39 is 41.9 Å². The zero-order valence-corrected chi connectivity index (χ0v) is 12.0. The van der Waals surface area contributed by atoms with E-state index in [0.29, 0.717) is 0 Å².